The van der Waals surface area contributed by atoms with Gasteiger partial charge in [0.05, 0.1) is 5.56 Å². The normalized spacial score (nSPS) is 10.1. The molecular formula is C17H20N4O2. The Morgan fingerprint density at radius 1 is 1.35 bits per heavy atom. The molecule has 23 heavy (non-hydrogen) atoms. The molecule has 1 aromatic carbocycles. The molecule has 0 atom stereocenters. The number of nitrogens with zero attached hydrogens (tertiary/aromatic N) is 2. The number of methoxy groups -OCH3 is 1. The summed E-state index contributed by atoms with van der Waals surface area (Å²) < 4.78 is 5.01. The molecule has 3 N–H and O–H groups in total. The van der Waals surface area contributed by atoms with Crippen molar-refractivity contribution in [2.45, 2.75) is 13.3 Å². The van der Waals surface area contributed by atoms with Gasteiger partial charge in [0, 0.05) is 32.0 Å². The van der Waals surface area contributed by atoms with Crippen LogP contribution in [0.3, 0.4) is 0 Å². The Kier molecular flexibility index (Phi) is 5.78. The number of aromatic nitrogens is 1. The van der Waals surface area contributed by atoms with Gasteiger partial charge in [-0.15, -0.1) is 0 Å². The number of aromatic hydroxyl groups is 1. The second-order valence-corrected chi connectivity index (χ2v) is 5.11. The van der Waals surface area contributed by atoms with Gasteiger partial charge < -0.3 is 20.5 Å². The predicted octanol–water partition coefficient (Wildman–Crippen LogP) is 3.16. The van der Waals surface area contributed by atoms with Crippen molar-refractivity contribution in [2.24, 2.45) is 0 Å². The second kappa shape index (κ2) is 8.01. The van der Waals surface area contributed by atoms with Crippen LogP contribution in [0.2, 0.25) is 0 Å². The highest BCUT2D eigenvalue weighted by atomic mass is 16.5. The van der Waals surface area contributed by atoms with Crippen LogP contribution in [0.5, 0.6) is 5.75 Å². The highest BCUT2D eigenvalue weighted by Crippen LogP contribution is 2.25. The Balaban J connectivity index is 2.22. The molecule has 0 spiro atoms. The van der Waals surface area contributed by atoms with E-state index in [0.29, 0.717) is 29.5 Å². The minimum absolute atomic E-state index is 0.152. The first-order valence-electron chi connectivity index (χ1n) is 7.34. The third-order valence-electron chi connectivity index (χ3n) is 3.27. The molecule has 0 unspecified atom stereocenters. The molecule has 6 heteroatoms. The molecule has 0 saturated heterocycles. The number of hydrogen-bond acceptors (Lipinski definition) is 6. The molecule has 6 nitrogen and oxygen atoms in total. The fourth-order valence-corrected chi connectivity index (χ4v) is 2.15. The first-order valence-corrected chi connectivity index (χ1v) is 7.34. The second-order valence-electron chi connectivity index (χ2n) is 5.11. The number of pyridine rings is 1. The van der Waals surface area contributed by atoms with Gasteiger partial charge in [0.1, 0.15) is 17.6 Å². The Hall–Kier alpha value is -2.78. The van der Waals surface area contributed by atoms with Crippen molar-refractivity contribution >= 4 is 17.3 Å². The summed E-state index contributed by atoms with van der Waals surface area (Å²) in [4.78, 5) is 4.46. The highest BCUT2D eigenvalue weighted by molar-refractivity contribution is 5.67. The molecular weight excluding hydrogens is 292 g/mol. The Labute approximate surface area is 135 Å². The average molecular weight is 312 g/mol. The van der Waals surface area contributed by atoms with Crippen molar-refractivity contribution in [3.63, 3.8) is 0 Å². The summed E-state index contributed by atoms with van der Waals surface area (Å²) in [6, 6.07) is 10.7. The van der Waals surface area contributed by atoms with Crippen LogP contribution in [-0.2, 0) is 4.74 Å². The third kappa shape index (κ3) is 4.59. The molecule has 0 aliphatic carbocycles. The summed E-state index contributed by atoms with van der Waals surface area (Å²) in [5, 5.41) is 25.2. The number of rotatable bonds is 7. The van der Waals surface area contributed by atoms with E-state index in [2.05, 4.69) is 21.7 Å². The molecule has 1 aromatic heterocycles. The monoisotopic (exact) mass is 312 g/mol. The Bertz CT molecular complexity index is 710. The lowest BCUT2D eigenvalue weighted by Gasteiger charge is -2.13. The Morgan fingerprint density at radius 2 is 2.17 bits per heavy atom. The maximum atomic E-state index is 9.54. The molecule has 2 aromatic rings. The van der Waals surface area contributed by atoms with Crippen LogP contribution in [0.25, 0.3) is 0 Å². The first kappa shape index (κ1) is 16.6. The largest absolute Gasteiger partial charge is 0.508 e. The van der Waals surface area contributed by atoms with Crippen molar-refractivity contribution < 1.29 is 9.84 Å². The number of ether oxygens (including phenoxy) is 1. The van der Waals surface area contributed by atoms with E-state index in [9.17, 15) is 10.4 Å². The molecule has 2 rings (SSSR count). The minimum atomic E-state index is 0.152. The summed E-state index contributed by atoms with van der Waals surface area (Å²) in [6.45, 7) is 3.28. The quantitative estimate of drug-likeness (QED) is 0.680. The van der Waals surface area contributed by atoms with Crippen LogP contribution >= 0.6 is 0 Å². The van der Waals surface area contributed by atoms with Crippen LogP contribution in [0.4, 0.5) is 17.3 Å². The predicted molar refractivity (Wildman–Crippen MR) is 90.1 cm³/mol. The van der Waals surface area contributed by atoms with Crippen molar-refractivity contribution in [3.8, 4) is 11.8 Å². The van der Waals surface area contributed by atoms with Crippen LogP contribution < -0.4 is 10.6 Å². The number of phenolic OH excluding ortho intramolecular Hbond substituents is 1. The van der Waals surface area contributed by atoms with E-state index in [4.69, 9.17) is 4.74 Å². The number of anilines is 3. The maximum Gasteiger partial charge on any atom is 0.151 e. The lowest BCUT2D eigenvalue weighted by molar-refractivity contribution is 0.198. The number of benzene rings is 1. The fourth-order valence-electron chi connectivity index (χ4n) is 2.15. The van der Waals surface area contributed by atoms with Crippen molar-refractivity contribution in [1.29, 1.82) is 5.26 Å². The smallest absolute Gasteiger partial charge is 0.151 e. The lowest BCUT2D eigenvalue weighted by Crippen LogP contribution is -2.08. The van der Waals surface area contributed by atoms with Crippen LogP contribution in [-0.4, -0.2) is 30.4 Å². The minimum Gasteiger partial charge on any atom is -0.508 e. The zero-order chi connectivity index (χ0) is 16.7. The topological polar surface area (TPSA) is 90.2 Å². The van der Waals surface area contributed by atoms with Gasteiger partial charge in [-0.3, -0.25) is 0 Å². The number of phenols is 1. The summed E-state index contributed by atoms with van der Waals surface area (Å²) in [6.07, 6.45) is 0.868. The summed E-state index contributed by atoms with van der Waals surface area (Å²) in [5.74, 6) is 1.31. The summed E-state index contributed by atoms with van der Waals surface area (Å²) in [7, 11) is 1.67. The van der Waals surface area contributed by atoms with Crippen LogP contribution in [0.15, 0.2) is 30.3 Å². The fraction of sp³-hybridized carbons (Fsp3) is 0.294. The molecule has 0 radical (unpaired) electrons. The van der Waals surface area contributed by atoms with Gasteiger partial charge >= 0.3 is 0 Å². The zero-order valence-electron chi connectivity index (χ0n) is 13.3. The van der Waals surface area contributed by atoms with Gasteiger partial charge in [0.2, 0.25) is 0 Å². The third-order valence-corrected chi connectivity index (χ3v) is 3.27. The van der Waals surface area contributed by atoms with E-state index in [1.54, 1.807) is 31.4 Å². The van der Waals surface area contributed by atoms with Crippen LogP contribution in [0, 0.1) is 18.3 Å². The van der Waals surface area contributed by atoms with Crippen LogP contribution in [0.1, 0.15) is 17.5 Å². The summed E-state index contributed by atoms with van der Waals surface area (Å²) in [5.41, 5.74) is 1.99. The number of nitrogens with one attached hydrogen (secondary N) is 2. The maximum absolute atomic E-state index is 9.54. The molecule has 120 valence electrons. The zero-order valence-corrected chi connectivity index (χ0v) is 13.3. The van der Waals surface area contributed by atoms with Crippen molar-refractivity contribution in [1.82, 2.24) is 4.98 Å². The van der Waals surface area contributed by atoms with E-state index in [1.807, 2.05) is 13.0 Å². The number of hydrogen-bond donors (Lipinski definition) is 3. The molecule has 1 heterocycles. The van der Waals surface area contributed by atoms with E-state index >= 15 is 0 Å². The molecule has 0 aliphatic heterocycles. The molecule has 0 amide bonds. The Morgan fingerprint density at radius 3 is 2.87 bits per heavy atom. The van der Waals surface area contributed by atoms with Gasteiger partial charge in [0.25, 0.3) is 0 Å². The van der Waals surface area contributed by atoms with Gasteiger partial charge in [-0.2, -0.15) is 5.26 Å². The van der Waals surface area contributed by atoms with E-state index in [0.717, 1.165) is 18.5 Å². The number of aryl methyl sites for hydroxylation is 1. The summed E-state index contributed by atoms with van der Waals surface area (Å²) >= 11 is 0. The van der Waals surface area contributed by atoms with Crippen molar-refractivity contribution in [2.75, 3.05) is 30.9 Å². The molecule has 0 fully saturated rings. The van der Waals surface area contributed by atoms with E-state index in [1.165, 1.54) is 0 Å². The lowest BCUT2D eigenvalue weighted by atomic mass is 10.1. The number of nitriles is 1. The highest BCUT2D eigenvalue weighted by Gasteiger charge is 2.10. The first-order chi connectivity index (χ1) is 11.1. The van der Waals surface area contributed by atoms with Gasteiger partial charge in [-0.05, 0) is 37.1 Å². The van der Waals surface area contributed by atoms with Gasteiger partial charge in [-0.1, -0.05) is 6.07 Å². The van der Waals surface area contributed by atoms with Gasteiger partial charge in [0.15, 0.2) is 5.82 Å². The molecule has 0 saturated carbocycles. The van der Waals surface area contributed by atoms with E-state index in [-0.39, 0.29) is 5.75 Å². The SMILES string of the molecule is COCCCNc1cc(C)c(C#N)c(Nc2cccc(O)c2)n1. The van der Waals surface area contributed by atoms with Gasteiger partial charge in [-0.25, -0.2) is 4.98 Å². The average Bonchev–Trinajstić information content (AvgIpc) is 2.51. The molecule has 0 aliphatic rings. The molecule has 0 bridgehead atoms. The van der Waals surface area contributed by atoms with Crippen molar-refractivity contribution in [3.05, 3.63) is 41.5 Å². The standard InChI is InChI=1S/C17H20N4O2/c1-12-9-16(19-7-4-8-23-2)21-17(15(12)11-18)20-13-5-3-6-14(22)10-13/h3,5-6,9-10,22H,4,7-8H2,1-2H3,(H2,19,20,21). The van der Waals surface area contributed by atoms with E-state index < -0.39 is 0 Å².